The summed E-state index contributed by atoms with van der Waals surface area (Å²) in [5, 5.41) is 15.8. The summed E-state index contributed by atoms with van der Waals surface area (Å²) in [5.74, 6) is 0.892. The van der Waals surface area contributed by atoms with E-state index in [0.717, 1.165) is 43.3 Å². The van der Waals surface area contributed by atoms with Gasteiger partial charge < -0.3 is 19.6 Å². The Kier molecular flexibility index (Phi) is 11.0. The molecule has 43 heavy (non-hydrogen) atoms. The minimum absolute atomic E-state index is 0.0397. The number of fused-ring (bicyclic) bond motifs is 1. The molecule has 2 aliphatic heterocycles. The summed E-state index contributed by atoms with van der Waals surface area (Å²) in [4.78, 5) is 40.4. The van der Waals surface area contributed by atoms with Gasteiger partial charge in [0.05, 0.1) is 17.3 Å². The molecule has 2 aromatic rings. The minimum Gasteiger partial charge on any atom is -0.382 e. The molecule has 13 heteroatoms. The van der Waals surface area contributed by atoms with E-state index in [1.807, 2.05) is 13.3 Å². The Morgan fingerprint density at radius 3 is 2.72 bits per heavy atom. The number of aldehydes is 1. The van der Waals surface area contributed by atoms with Crippen molar-refractivity contribution in [1.82, 2.24) is 19.8 Å². The maximum absolute atomic E-state index is 13.6. The quantitative estimate of drug-likeness (QED) is 0.286. The largest absolute Gasteiger partial charge is 0.382 e. The van der Waals surface area contributed by atoms with E-state index in [2.05, 4.69) is 51.4 Å². The Morgan fingerprint density at radius 2 is 2.05 bits per heavy atom. The second-order valence-electron chi connectivity index (χ2n) is 11.5. The number of rotatable bonds is 11. The van der Waals surface area contributed by atoms with E-state index in [-0.39, 0.29) is 16.8 Å². The second kappa shape index (κ2) is 14.5. The van der Waals surface area contributed by atoms with Crippen LogP contribution in [0.2, 0.25) is 0 Å². The van der Waals surface area contributed by atoms with Crippen LogP contribution in [0, 0.1) is 11.3 Å². The number of piperazine rings is 1. The van der Waals surface area contributed by atoms with Gasteiger partial charge in [0.2, 0.25) is 6.29 Å². The first-order valence-electron chi connectivity index (χ1n) is 14.4. The average molecular weight is 611 g/mol. The summed E-state index contributed by atoms with van der Waals surface area (Å²) in [6, 6.07) is 5.42. The van der Waals surface area contributed by atoms with Crippen molar-refractivity contribution in [2.75, 3.05) is 75.8 Å². The molecule has 1 saturated heterocycles. The standard InChI is InChI=1S/C30H42N8O4S/c1-30(2,43-6)19-33-24-13-25(32-15-22(24)14-31)34-29(40)38-9-7-8-20-12-21(26(35-27(20)38)28(41-4)42-5)16-37-11-10-36(3)23(17-37)18-39/h12-13,15,18,23,28H,7-11,16-17,19H2,1-6H3,(H2,32,33,34,40). The number of thioether (sulfide) groups is 1. The molecule has 0 aromatic carbocycles. The van der Waals surface area contributed by atoms with Gasteiger partial charge in [0.15, 0.2) is 0 Å². The van der Waals surface area contributed by atoms with Gasteiger partial charge in [-0.25, -0.2) is 14.8 Å². The van der Waals surface area contributed by atoms with Crippen LogP contribution in [0.25, 0.3) is 0 Å². The number of nitrogens with one attached hydrogen (secondary N) is 2. The van der Waals surface area contributed by atoms with Crippen LogP contribution in [-0.4, -0.2) is 103 Å². The number of pyridine rings is 2. The molecule has 0 aliphatic carbocycles. The molecule has 2 aliphatic rings. The normalized spacial score (nSPS) is 17.8. The number of hydrogen-bond donors (Lipinski definition) is 2. The van der Waals surface area contributed by atoms with E-state index >= 15 is 0 Å². The van der Waals surface area contributed by atoms with E-state index < -0.39 is 6.29 Å². The van der Waals surface area contributed by atoms with Crippen LogP contribution in [0.1, 0.15) is 48.9 Å². The van der Waals surface area contributed by atoms with Crippen LogP contribution in [-0.2, 0) is 27.2 Å². The molecule has 2 N–H and O–H groups in total. The lowest BCUT2D eigenvalue weighted by atomic mass is 10.0. The third kappa shape index (κ3) is 7.82. The van der Waals surface area contributed by atoms with Gasteiger partial charge >= 0.3 is 6.03 Å². The number of anilines is 3. The number of carbonyl (C=O) groups is 2. The maximum atomic E-state index is 13.6. The molecule has 0 saturated carbocycles. The highest BCUT2D eigenvalue weighted by Crippen LogP contribution is 2.32. The van der Waals surface area contributed by atoms with Crippen molar-refractivity contribution >= 4 is 41.4 Å². The first-order valence-corrected chi connectivity index (χ1v) is 15.6. The lowest BCUT2D eigenvalue weighted by molar-refractivity contribution is -0.114. The number of amides is 2. The number of aryl methyl sites for hydroxylation is 1. The van der Waals surface area contributed by atoms with Gasteiger partial charge in [0.1, 0.15) is 29.7 Å². The zero-order valence-corrected chi connectivity index (χ0v) is 26.7. The van der Waals surface area contributed by atoms with Crippen molar-refractivity contribution in [2.45, 2.75) is 50.3 Å². The number of nitriles is 1. The number of aromatic nitrogens is 2. The lowest BCUT2D eigenvalue weighted by Crippen LogP contribution is -2.51. The van der Waals surface area contributed by atoms with Gasteiger partial charge in [-0.2, -0.15) is 17.0 Å². The van der Waals surface area contributed by atoms with Crippen LogP contribution in [0.5, 0.6) is 0 Å². The number of carbonyl (C=O) groups excluding carboxylic acids is 2. The zero-order valence-electron chi connectivity index (χ0n) is 25.8. The fourth-order valence-corrected chi connectivity index (χ4v) is 5.43. The van der Waals surface area contributed by atoms with E-state index in [9.17, 15) is 14.9 Å². The number of methoxy groups -OCH3 is 2. The Hall–Kier alpha value is -3.28. The second-order valence-corrected chi connectivity index (χ2v) is 13.0. The molecule has 4 rings (SSSR count). The van der Waals surface area contributed by atoms with Gasteiger partial charge in [-0.1, -0.05) is 0 Å². The molecular weight excluding hydrogens is 568 g/mol. The molecule has 1 fully saturated rings. The van der Waals surface area contributed by atoms with Gasteiger partial charge in [-0.3, -0.25) is 20.0 Å². The molecule has 2 amide bonds. The molecule has 2 aromatic heterocycles. The smallest absolute Gasteiger partial charge is 0.328 e. The maximum Gasteiger partial charge on any atom is 0.328 e. The molecule has 0 spiro atoms. The van der Waals surface area contributed by atoms with Gasteiger partial charge in [0.25, 0.3) is 0 Å². The van der Waals surface area contributed by atoms with Gasteiger partial charge in [-0.15, -0.1) is 0 Å². The van der Waals surface area contributed by atoms with E-state index in [4.69, 9.17) is 14.5 Å². The Labute approximate surface area is 258 Å². The third-order valence-corrected chi connectivity index (χ3v) is 9.27. The molecule has 1 atom stereocenters. The Bertz CT molecular complexity index is 1350. The number of ether oxygens (including phenoxy) is 2. The summed E-state index contributed by atoms with van der Waals surface area (Å²) in [5.41, 5.74) is 3.53. The summed E-state index contributed by atoms with van der Waals surface area (Å²) < 4.78 is 11.2. The summed E-state index contributed by atoms with van der Waals surface area (Å²) in [6.07, 6.45) is 5.33. The predicted molar refractivity (Wildman–Crippen MR) is 168 cm³/mol. The number of likely N-dealkylation sites (N-methyl/N-ethyl adjacent to an activating group) is 1. The average Bonchev–Trinajstić information content (AvgIpc) is 3.01. The highest BCUT2D eigenvalue weighted by atomic mass is 32.2. The van der Waals surface area contributed by atoms with Crippen molar-refractivity contribution in [1.29, 1.82) is 5.26 Å². The van der Waals surface area contributed by atoms with Gasteiger partial charge in [0, 0.05) is 70.5 Å². The summed E-state index contributed by atoms with van der Waals surface area (Å²) >= 11 is 1.72. The highest BCUT2D eigenvalue weighted by molar-refractivity contribution is 7.99. The minimum atomic E-state index is -0.721. The molecule has 4 heterocycles. The molecule has 0 radical (unpaired) electrons. The Morgan fingerprint density at radius 1 is 1.28 bits per heavy atom. The molecule has 0 bridgehead atoms. The number of nitrogens with zero attached hydrogens (tertiary/aromatic N) is 6. The van der Waals surface area contributed by atoms with Crippen molar-refractivity contribution in [2.24, 2.45) is 0 Å². The van der Waals surface area contributed by atoms with E-state index in [1.165, 1.54) is 6.20 Å². The fourth-order valence-electron chi connectivity index (χ4n) is 5.21. The van der Waals surface area contributed by atoms with Crippen molar-refractivity contribution in [3.63, 3.8) is 0 Å². The van der Waals surface area contributed by atoms with Crippen molar-refractivity contribution in [3.8, 4) is 6.07 Å². The summed E-state index contributed by atoms with van der Waals surface area (Å²) in [7, 11) is 5.08. The monoisotopic (exact) mass is 610 g/mol. The lowest BCUT2D eigenvalue weighted by Gasteiger charge is -2.37. The summed E-state index contributed by atoms with van der Waals surface area (Å²) in [6.45, 7) is 8.17. The van der Waals surface area contributed by atoms with Crippen molar-refractivity contribution in [3.05, 3.63) is 40.7 Å². The number of urea groups is 1. The van der Waals surface area contributed by atoms with Crippen molar-refractivity contribution < 1.29 is 19.1 Å². The molecular formula is C30H42N8O4S. The SMILES string of the molecule is COC(OC)c1nc2c(cc1CN1CCN(C)C(C=O)C1)CCCN2C(=O)Nc1cc(NCC(C)(C)SC)c(C#N)cn1. The first-order chi connectivity index (χ1) is 20.6. The first kappa shape index (κ1) is 32.6. The Balaban J connectivity index is 1.59. The predicted octanol–water partition coefficient (Wildman–Crippen LogP) is 3.49. The van der Waals surface area contributed by atoms with Crippen LogP contribution in [0.4, 0.5) is 22.1 Å². The molecule has 12 nitrogen and oxygen atoms in total. The molecule has 1 unspecified atom stereocenters. The highest BCUT2D eigenvalue weighted by Gasteiger charge is 2.30. The van der Waals surface area contributed by atoms with E-state index in [0.29, 0.717) is 54.8 Å². The number of hydrogen-bond acceptors (Lipinski definition) is 11. The topological polar surface area (TPSA) is 136 Å². The van der Waals surface area contributed by atoms with Crippen LogP contribution < -0.4 is 15.5 Å². The van der Waals surface area contributed by atoms with Gasteiger partial charge in [-0.05, 0) is 57.2 Å². The zero-order chi connectivity index (χ0) is 31.1. The van der Waals surface area contributed by atoms with Crippen LogP contribution in [0.3, 0.4) is 0 Å². The van der Waals surface area contributed by atoms with Crippen LogP contribution >= 0.6 is 11.8 Å². The third-order valence-electron chi connectivity index (χ3n) is 8.02. The fraction of sp³-hybridized carbons (Fsp3) is 0.567. The van der Waals surface area contributed by atoms with E-state index in [1.54, 1.807) is 36.9 Å². The van der Waals surface area contributed by atoms with Crippen LogP contribution in [0.15, 0.2) is 18.3 Å². The molecule has 232 valence electrons.